The van der Waals surface area contributed by atoms with E-state index in [0.29, 0.717) is 20.7 Å². The van der Waals surface area contributed by atoms with Crippen LogP contribution in [0.15, 0.2) is 10.00 Å². The molecule has 1 aliphatic rings. The van der Waals surface area contributed by atoms with E-state index in [4.69, 9.17) is 5.41 Å². The molecule has 0 amide bonds. The van der Waals surface area contributed by atoms with Crippen molar-refractivity contribution in [1.29, 1.82) is 5.41 Å². The molecule has 0 bridgehead atoms. The molecule has 0 saturated heterocycles. The van der Waals surface area contributed by atoms with Crippen molar-refractivity contribution >= 4 is 14.2 Å². The van der Waals surface area contributed by atoms with Crippen molar-refractivity contribution < 1.29 is 0 Å². The first-order valence-electron chi connectivity index (χ1n) is 1.59. The van der Waals surface area contributed by atoms with Gasteiger partial charge in [-0.3, -0.25) is 0 Å². The number of nitrogens with zero attached hydrogens (tertiary/aromatic N) is 2. The van der Waals surface area contributed by atoms with Gasteiger partial charge in [0.25, 0.3) is 0 Å². The van der Waals surface area contributed by atoms with Crippen molar-refractivity contribution in [2.75, 3.05) is 6.54 Å². The molecule has 0 aromatic carbocycles. The zero-order valence-corrected chi connectivity index (χ0v) is 4.10. The largest absolute Gasteiger partial charge is 0.301 e. The lowest BCUT2D eigenvalue weighted by atomic mass is 10.8. The summed E-state index contributed by atoms with van der Waals surface area (Å²) >= 11 is 0. The average Bonchev–Trinajstić information content (AvgIpc) is 1.86. The van der Waals surface area contributed by atoms with Crippen molar-refractivity contribution in [3.63, 3.8) is 0 Å². The fraction of sp³-hybridized carbons (Fsp3) is 0.500. The molecular weight excluding hydrogens is 97.0 g/mol. The summed E-state index contributed by atoms with van der Waals surface area (Å²) in [5.41, 5.74) is 0.648. The van der Waals surface area contributed by atoms with Gasteiger partial charge in [-0.05, 0) is 0 Å². The van der Waals surface area contributed by atoms with E-state index in [2.05, 4.69) is 10.00 Å². The first-order valence-corrected chi connectivity index (χ1v) is 2.54. The van der Waals surface area contributed by atoms with Gasteiger partial charge in [0.15, 0.2) is 0 Å². The van der Waals surface area contributed by atoms with Crippen LogP contribution in [0.1, 0.15) is 0 Å². The fourth-order valence-corrected chi connectivity index (χ4v) is 0.641. The van der Waals surface area contributed by atoms with Gasteiger partial charge >= 0.3 is 0 Å². The molecule has 0 radical (unpaired) electrons. The molecule has 0 aromatic heterocycles. The van der Waals surface area contributed by atoms with Crippen LogP contribution in [0.5, 0.6) is 0 Å². The SMILES string of the molecule is N=C1CN=NP1. The Morgan fingerprint density at radius 2 is 2.67 bits per heavy atom. The number of nitrogens with one attached hydrogen (secondary N) is 1. The number of rotatable bonds is 0. The maximum Gasteiger partial charge on any atom is 0.104 e. The molecule has 0 spiro atoms. The third kappa shape index (κ3) is 0.601. The Bertz CT molecular complexity index is 87.0. The first kappa shape index (κ1) is 3.88. The molecule has 1 N–H and O–H groups in total. The van der Waals surface area contributed by atoms with E-state index < -0.39 is 0 Å². The Hall–Kier alpha value is -0.300. The van der Waals surface area contributed by atoms with Crippen LogP contribution in [-0.2, 0) is 0 Å². The molecule has 1 atom stereocenters. The van der Waals surface area contributed by atoms with E-state index in [1.807, 2.05) is 0 Å². The van der Waals surface area contributed by atoms with Crippen molar-refractivity contribution in [2.24, 2.45) is 10.00 Å². The van der Waals surface area contributed by atoms with Crippen LogP contribution < -0.4 is 0 Å². The number of hydrogen-bond acceptors (Lipinski definition) is 3. The Labute approximate surface area is 37.2 Å². The number of hydrogen-bond donors (Lipinski definition) is 1. The van der Waals surface area contributed by atoms with Crippen LogP contribution in [0.25, 0.3) is 0 Å². The van der Waals surface area contributed by atoms with E-state index >= 15 is 0 Å². The first-order chi connectivity index (χ1) is 2.89. The zero-order valence-electron chi connectivity index (χ0n) is 3.10. The highest BCUT2D eigenvalue weighted by atomic mass is 31.1. The molecule has 1 heterocycles. The Kier molecular flexibility index (Phi) is 0.926. The van der Waals surface area contributed by atoms with Gasteiger partial charge in [0, 0.05) is 0 Å². The molecule has 1 unspecified atom stereocenters. The molecule has 0 saturated carbocycles. The second-order valence-corrected chi connectivity index (χ2v) is 2.02. The molecule has 0 aromatic rings. The maximum absolute atomic E-state index is 6.87. The lowest BCUT2D eigenvalue weighted by molar-refractivity contribution is 1.19. The van der Waals surface area contributed by atoms with E-state index in [-0.39, 0.29) is 0 Å². The van der Waals surface area contributed by atoms with Gasteiger partial charge in [0.05, 0.1) is 14.2 Å². The van der Waals surface area contributed by atoms with Crippen LogP contribution in [0, 0.1) is 5.41 Å². The van der Waals surface area contributed by atoms with Crippen molar-refractivity contribution in [2.45, 2.75) is 0 Å². The van der Waals surface area contributed by atoms with Gasteiger partial charge in [-0.2, -0.15) is 10.00 Å². The van der Waals surface area contributed by atoms with Gasteiger partial charge in [-0.25, -0.2) is 0 Å². The lowest BCUT2D eigenvalue weighted by Gasteiger charge is -1.73. The molecular formula is C2H4N3P. The van der Waals surface area contributed by atoms with Gasteiger partial charge < -0.3 is 5.41 Å². The zero-order chi connectivity index (χ0) is 4.41. The summed E-state index contributed by atoms with van der Waals surface area (Å²) in [5.74, 6) is 0. The van der Waals surface area contributed by atoms with Gasteiger partial charge in [0.1, 0.15) is 6.54 Å². The minimum Gasteiger partial charge on any atom is -0.301 e. The molecule has 32 valence electrons. The molecule has 6 heavy (non-hydrogen) atoms. The Balaban J connectivity index is 2.52. The van der Waals surface area contributed by atoms with Crippen LogP contribution in [0.3, 0.4) is 0 Å². The molecule has 1 aliphatic heterocycles. The standard InChI is InChI=1S/C2H4N3P/c3-2-1-4-5-6-2/h3,6H,1H2. The summed E-state index contributed by atoms with van der Waals surface area (Å²) in [4.78, 5) is 3.59. The highest BCUT2D eigenvalue weighted by Gasteiger charge is 1.98. The normalized spacial score (nSPS) is 23.7. The lowest BCUT2D eigenvalue weighted by Crippen LogP contribution is -1.82. The van der Waals surface area contributed by atoms with Crippen LogP contribution in [-0.4, -0.2) is 12.0 Å². The smallest absolute Gasteiger partial charge is 0.104 e. The van der Waals surface area contributed by atoms with E-state index in [9.17, 15) is 0 Å². The van der Waals surface area contributed by atoms with Crippen LogP contribution in [0.2, 0.25) is 0 Å². The molecule has 0 aliphatic carbocycles. The maximum atomic E-state index is 6.87. The predicted molar refractivity (Wildman–Crippen MR) is 25.8 cm³/mol. The summed E-state index contributed by atoms with van der Waals surface area (Å²) in [5, 5.41) is 10.5. The van der Waals surface area contributed by atoms with Gasteiger partial charge in [0.2, 0.25) is 0 Å². The summed E-state index contributed by atoms with van der Waals surface area (Å²) < 4.78 is 0. The third-order valence-corrected chi connectivity index (χ3v) is 1.15. The van der Waals surface area contributed by atoms with Crippen molar-refractivity contribution in [3.8, 4) is 0 Å². The average molecular weight is 101 g/mol. The summed E-state index contributed by atoms with van der Waals surface area (Å²) in [6, 6.07) is 0. The third-order valence-electron chi connectivity index (χ3n) is 0.484. The second kappa shape index (κ2) is 1.43. The second-order valence-electron chi connectivity index (χ2n) is 0.990. The summed E-state index contributed by atoms with van der Waals surface area (Å²) in [6.07, 6.45) is 0. The van der Waals surface area contributed by atoms with Crippen LogP contribution in [0.4, 0.5) is 0 Å². The van der Waals surface area contributed by atoms with Crippen molar-refractivity contribution in [3.05, 3.63) is 0 Å². The molecule has 1 rings (SSSR count). The molecule has 0 fully saturated rings. The minimum absolute atomic E-state index is 0.324. The van der Waals surface area contributed by atoms with E-state index in [1.165, 1.54) is 0 Å². The van der Waals surface area contributed by atoms with Crippen LogP contribution >= 0.6 is 8.73 Å². The monoisotopic (exact) mass is 101 g/mol. The fourth-order valence-electron chi connectivity index (χ4n) is 0.237. The Morgan fingerprint density at radius 1 is 1.83 bits per heavy atom. The van der Waals surface area contributed by atoms with Crippen molar-refractivity contribution in [1.82, 2.24) is 0 Å². The van der Waals surface area contributed by atoms with E-state index in [0.717, 1.165) is 0 Å². The van der Waals surface area contributed by atoms with E-state index in [1.54, 1.807) is 0 Å². The summed E-state index contributed by atoms with van der Waals surface area (Å²) in [6.45, 7) is 0.540. The summed E-state index contributed by atoms with van der Waals surface area (Å²) in [7, 11) is 0.324. The minimum atomic E-state index is 0.324. The molecule has 4 heteroatoms. The van der Waals surface area contributed by atoms with Gasteiger partial charge in [-0.15, -0.1) is 0 Å². The highest BCUT2D eigenvalue weighted by Crippen LogP contribution is 2.19. The Morgan fingerprint density at radius 3 is 2.83 bits per heavy atom. The topological polar surface area (TPSA) is 48.6 Å². The highest BCUT2D eigenvalue weighted by molar-refractivity contribution is 7.57. The quantitative estimate of drug-likeness (QED) is 0.443. The predicted octanol–water partition coefficient (Wildman–Crippen LogP) is 1.02. The molecule has 3 nitrogen and oxygen atoms in total. The van der Waals surface area contributed by atoms with Gasteiger partial charge in [-0.1, -0.05) is 0 Å².